The highest BCUT2D eigenvalue weighted by Gasteiger charge is 2.13. The number of halogens is 1. The number of nitriles is 1. The molecule has 0 amide bonds. The molecule has 1 heterocycles. The highest BCUT2D eigenvalue weighted by atomic mass is 79.9. The molecule has 0 unspecified atom stereocenters. The number of aromatic amines is 1. The SMILES string of the molecule is CC(C)(C)c1ccc(/C=C(\C#N)c2nc3ccc(Br)cc3c(=O)[nH]2)cc1. The lowest BCUT2D eigenvalue weighted by Crippen LogP contribution is -2.11. The van der Waals surface area contributed by atoms with Gasteiger partial charge in [0.1, 0.15) is 6.07 Å². The molecule has 0 atom stereocenters. The van der Waals surface area contributed by atoms with Crippen LogP contribution in [0.3, 0.4) is 0 Å². The first kappa shape index (κ1) is 18.1. The molecule has 0 aliphatic rings. The smallest absolute Gasteiger partial charge is 0.259 e. The van der Waals surface area contributed by atoms with Crippen molar-refractivity contribution in [3.05, 3.63) is 74.2 Å². The van der Waals surface area contributed by atoms with E-state index in [4.69, 9.17) is 0 Å². The molecular weight excluding hydrogens is 390 g/mol. The second-order valence-electron chi connectivity index (χ2n) is 7.12. The van der Waals surface area contributed by atoms with Crippen LogP contribution in [0.2, 0.25) is 0 Å². The van der Waals surface area contributed by atoms with E-state index in [2.05, 4.69) is 64.9 Å². The molecule has 0 saturated carbocycles. The summed E-state index contributed by atoms with van der Waals surface area (Å²) in [5.74, 6) is 0.271. The predicted octanol–water partition coefficient (Wildman–Crippen LogP) is 5.05. The first-order chi connectivity index (χ1) is 12.3. The molecule has 1 aromatic heterocycles. The quantitative estimate of drug-likeness (QED) is 0.604. The van der Waals surface area contributed by atoms with Crippen molar-refractivity contribution in [1.29, 1.82) is 5.26 Å². The molecule has 3 rings (SSSR count). The Hall–Kier alpha value is -2.71. The first-order valence-electron chi connectivity index (χ1n) is 8.20. The van der Waals surface area contributed by atoms with Crippen molar-refractivity contribution in [3.63, 3.8) is 0 Å². The summed E-state index contributed by atoms with van der Waals surface area (Å²) in [6, 6.07) is 15.5. The largest absolute Gasteiger partial charge is 0.305 e. The average molecular weight is 408 g/mol. The minimum Gasteiger partial charge on any atom is -0.305 e. The summed E-state index contributed by atoms with van der Waals surface area (Å²) in [5, 5.41) is 10.0. The van der Waals surface area contributed by atoms with Crippen molar-refractivity contribution in [3.8, 4) is 6.07 Å². The topological polar surface area (TPSA) is 69.5 Å². The molecule has 130 valence electrons. The van der Waals surface area contributed by atoms with Crippen LogP contribution in [-0.4, -0.2) is 9.97 Å². The van der Waals surface area contributed by atoms with Gasteiger partial charge in [-0.05, 0) is 40.8 Å². The lowest BCUT2D eigenvalue weighted by atomic mass is 9.86. The second-order valence-corrected chi connectivity index (χ2v) is 8.03. The molecule has 2 aromatic carbocycles. The van der Waals surface area contributed by atoms with Crippen LogP contribution in [0.1, 0.15) is 37.7 Å². The summed E-state index contributed by atoms with van der Waals surface area (Å²) in [6.07, 6.45) is 1.73. The predicted molar refractivity (Wildman–Crippen MR) is 109 cm³/mol. The van der Waals surface area contributed by atoms with Crippen LogP contribution in [0.15, 0.2) is 51.7 Å². The highest BCUT2D eigenvalue weighted by Crippen LogP contribution is 2.24. The van der Waals surface area contributed by atoms with Gasteiger partial charge in [0.05, 0.1) is 16.5 Å². The molecule has 26 heavy (non-hydrogen) atoms. The van der Waals surface area contributed by atoms with Crippen LogP contribution >= 0.6 is 15.9 Å². The number of allylic oxidation sites excluding steroid dienone is 1. The van der Waals surface area contributed by atoms with Crippen molar-refractivity contribution in [2.24, 2.45) is 0 Å². The number of fused-ring (bicyclic) bond motifs is 1. The second kappa shape index (κ2) is 6.89. The number of hydrogen-bond acceptors (Lipinski definition) is 3. The molecule has 3 aromatic rings. The number of H-pyrrole nitrogens is 1. The standard InChI is InChI=1S/C21H18BrN3O/c1-21(2,3)15-6-4-13(5-7-15)10-14(12-23)19-24-18-9-8-16(22)11-17(18)20(26)25-19/h4-11H,1-3H3,(H,24,25,26)/b14-10+. The molecule has 0 fully saturated rings. The van der Waals surface area contributed by atoms with Crippen LogP contribution < -0.4 is 5.56 Å². The number of nitrogens with zero attached hydrogens (tertiary/aromatic N) is 2. The molecule has 0 aliphatic carbocycles. The monoisotopic (exact) mass is 407 g/mol. The molecule has 0 radical (unpaired) electrons. The van der Waals surface area contributed by atoms with Crippen LogP contribution in [-0.2, 0) is 5.41 Å². The molecule has 0 spiro atoms. The van der Waals surface area contributed by atoms with Gasteiger partial charge >= 0.3 is 0 Å². The number of aromatic nitrogens is 2. The first-order valence-corrected chi connectivity index (χ1v) is 8.99. The van der Waals surface area contributed by atoms with E-state index in [1.807, 2.05) is 18.2 Å². The summed E-state index contributed by atoms with van der Waals surface area (Å²) in [6.45, 7) is 6.46. The molecule has 0 saturated heterocycles. The van der Waals surface area contributed by atoms with E-state index in [0.29, 0.717) is 16.5 Å². The third-order valence-electron chi connectivity index (χ3n) is 4.13. The van der Waals surface area contributed by atoms with Crippen LogP contribution in [0.25, 0.3) is 22.6 Å². The van der Waals surface area contributed by atoms with Gasteiger partial charge in [-0.25, -0.2) is 4.98 Å². The maximum atomic E-state index is 12.3. The zero-order chi connectivity index (χ0) is 18.9. The Kier molecular flexibility index (Phi) is 4.80. The number of hydrogen-bond donors (Lipinski definition) is 1. The lowest BCUT2D eigenvalue weighted by Gasteiger charge is -2.18. The van der Waals surface area contributed by atoms with Gasteiger partial charge in [0.2, 0.25) is 0 Å². The van der Waals surface area contributed by atoms with Gasteiger partial charge < -0.3 is 4.98 Å². The molecule has 0 aliphatic heterocycles. The number of rotatable bonds is 2. The van der Waals surface area contributed by atoms with Crippen LogP contribution in [0.5, 0.6) is 0 Å². The number of benzene rings is 2. The van der Waals surface area contributed by atoms with Gasteiger partial charge in [0.25, 0.3) is 5.56 Å². The van der Waals surface area contributed by atoms with Gasteiger partial charge in [-0.15, -0.1) is 0 Å². The molecular formula is C21H18BrN3O. The Bertz CT molecular complexity index is 1100. The Balaban J connectivity index is 2.05. The van der Waals surface area contributed by atoms with Crippen molar-refractivity contribution in [2.45, 2.75) is 26.2 Å². The van der Waals surface area contributed by atoms with Crippen molar-refractivity contribution in [2.75, 3.05) is 0 Å². The molecule has 0 bridgehead atoms. The normalized spacial score (nSPS) is 12.2. The van der Waals surface area contributed by atoms with E-state index >= 15 is 0 Å². The fraction of sp³-hybridized carbons (Fsp3) is 0.190. The number of nitrogens with one attached hydrogen (secondary N) is 1. The van der Waals surface area contributed by atoms with Gasteiger partial charge in [-0.3, -0.25) is 4.79 Å². The zero-order valence-electron chi connectivity index (χ0n) is 14.8. The Morgan fingerprint density at radius 2 is 1.88 bits per heavy atom. The molecule has 1 N–H and O–H groups in total. The van der Waals surface area contributed by atoms with E-state index in [0.717, 1.165) is 10.0 Å². The molecule has 5 heteroatoms. The fourth-order valence-electron chi connectivity index (χ4n) is 2.64. The summed E-state index contributed by atoms with van der Waals surface area (Å²) in [7, 11) is 0. The summed E-state index contributed by atoms with van der Waals surface area (Å²) >= 11 is 3.35. The Morgan fingerprint density at radius 3 is 2.50 bits per heavy atom. The van der Waals surface area contributed by atoms with E-state index < -0.39 is 0 Å². The maximum Gasteiger partial charge on any atom is 0.259 e. The Labute approximate surface area is 160 Å². The van der Waals surface area contributed by atoms with Gasteiger partial charge in [-0.1, -0.05) is 61.0 Å². The third-order valence-corrected chi connectivity index (χ3v) is 4.62. The lowest BCUT2D eigenvalue weighted by molar-refractivity contribution is 0.590. The zero-order valence-corrected chi connectivity index (χ0v) is 16.4. The van der Waals surface area contributed by atoms with E-state index in [9.17, 15) is 10.1 Å². The third kappa shape index (κ3) is 3.76. The van der Waals surface area contributed by atoms with Crippen LogP contribution in [0.4, 0.5) is 0 Å². The van der Waals surface area contributed by atoms with Crippen LogP contribution in [0, 0.1) is 11.3 Å². The maximum absolute atomic E-state index is 12.3. The van der Waals surface area contributed by atoms with Gasteiger partial charge in [-0.2, -0.15) is 5.26 Å². The fourth-order valence-corrected chi connectivity index (χ4v) is 3.00. The summed E-state index contributed by atoms with van der Waals surface area (Å²) < 4.78 is 0.806. The average Bonchev–Trinajstić information content (AvgIpc) is 2.60. The van der Waals surface area contributed by atoms with Crippen molar-refractivity contribution in [1.82, 2.24) is 9.97 Å². The minimum absolute atomic E-state index is 0.0692. The highest BCUT2D eigenvalue weighted by molar-refractivity contribution is 9.10. The molecule has 4 nitrogen and oxygen atoms in total. The van der Waals surface area contributed by atoms with Gasteiger partial charge in [0, 0.05) is 4.47 Å². The summed E-state index contributed by atoms with van der Waals surface area (Å²) in [4.78, 5) is 19.5. The van der Waals surface area contributed by atoms with E-state index in [1.54, 1.807) is 18.2 Å². The van der Waals surface area contributed by atoms with Crippen molar-refractivity contribution < 1.29 is 0 Å². The van der Waals surface area contributed by atoms with Crippen molar-refractivity contribution >= 4 is 38.5 Å². The Morgan fingerprint density at radius 1 is 1.19 bits per heavy atom. The van der Waals surface area contributed by atoms with E-state index in [1.165, 1.54) is 5.56 Å². The van der Waals surface area contributed by atoms with Gasteiger partial charge in [0.15, 0.2) is 5.82 Å². The minimum atomic E-state index is -0.268. The van der Waals surface area contributed by atoms with E-state index in [-0.39, 0.29) is 16.8 Å². The summed E-state index contributed by atoms with van der Waals surface area (Å²) in [5.41, 5.74) is 2.77.